The van der Waals surface area contributed by atoms with Crippen LogP contribution in [0, 0.1) is 0 Å². The molecule has 2 aliphatic rings. The van der Waals surface area contributed by atoms with Crippen molar-refractivity contribution in [3.63, 3.8) is 0 Å². The van der Waals surface area contributed by atoms with Crippen molar-refractivity contribution in [1.29, 1.82) is 0 Å². The summed E-state index contributed by atoms with van der Waals surface area (Å²) in [7, 11) is 0. The number of fused-ring (bicyclic) bond motifs is 6. The average molecular weight is 701 g/mol. The summed E-state index contributed by atoms with van der Waals surface area (Å²) < 4.78 is 13.4. The molecule has 0 radical (unpaired) electrons. The summed E-state index contributed by atoms with van der Waals surface area (Å²) in [6.45, 7) is 9.26. The molecule has 0 spiro atoms. The highest BCUT2D eigenvalue weighted by Gasteiger charge is 2.37. The van der Waals surface area contributed by atoms with Crippen molar-refractivity contribution in [2.75, 3.05) is 9.80 Å². The second-order valence-electron chi connectivity index (χ2n) is 15.4. The van der Waals surface area contributed by atoms with Gasteiger partial charge in [-0.2, -0.15) is 0 Å². The first-order valence-electron chi connectivity index (χ1n) is 18.7. The zero-order valence-corrected chi connectivity index (χ0v) is 30.9. The van der Waals surface area contributed by atoms with E-state index in [0.29, 0.717) is 23.3 Å². The molecule has 4 heteroatoms. The van der Waals surface area contributed by atoms with E-state index in [2.05, 4.69) is 171 Å². The third kappa shape index (κ3) is 4.90. The van der Waals surface area contributed by atoms with Gasteiger partial charge in [0.15, 0.2) is 11.5 Å². The molecule has 2 heterocycles. The van der Waals surface area contributed by atoms with Gasteiger partial charge in [0, 0.05) is 45.7 Å². The molecule has 54 heavy (non-hydrogen) atoms. The molecule has 6 aromatic carbocycles. The van der Waals surface area contributed by atoms with E-state index in [-0.39, 0.29) is 10.8 Å². The Labute approximate surface area is 316 Å². The van der Waals surface area contributed by atoms with Crippen LogP contribution in [0.2, 0.25) is 0 Å². The average Bonchev–Trinajstić information content (AvgIpc) is 3.98. The third-order valence-electron chi connectivity index (χ3n) is 11.5. The molecule has 10 rings (SSSR count). The molecule has 0 saturated carbocycles. The van der Waals surface area contributed by atoms with Gasteiger partial charge in [0.1, 0.15) is 0 Å². The summed E-state index contributed by atoms with van der Waals surface area (Å²) in [6, 6.07) is 60.0. The number of furan rings is 2. The van der Waals surface area contributed by atoms with E-state index in [1.165, 1.54) is 44.5 Å². The maximum atomic E-state index is 6.72. The topological polar surface area (TPSA) is 32.8 Å². The van der Waals surface area contributed by atoms with Crippen LogP contribution in [0.15, 0.2) is 179 Å². The van der Waals surface area contributed by atoms with Crippen LogP contribution in [-0.4, -0.2) is 0 Å². The van der Waals surface area contributed by atoms with Gasteiger partial charge in [-0.15, -0.1) is 0 Å². The van der Waals surface area contributed by atoms with Gasteiger partial charge in [-0.25, -0.2) is 0 Å². The van der Waals surface area contributed by atoms with E-state index in [1.54, 1.807) is 0 Å². The van der Waals surface area contributed by atoms with Crippen molar-refractivity contribution in [1.82, 2.24) is 0 Å². The van der Waals surface area contributed by atoms with Gasteiger partial charge in [0.2, 0.25) is 11.8 Å². The maximum Gasteiger partial charge on any atom is 0.205 e. The molecule has 262 valence electrons. The Kier molecular flexibility index (Phi) is 7.15. The Morgan fingerprint density at radius 3 is 1.13 bits per heavy atom. The number of nitrogens with zero attached hydrogens (tertiary/aromatic N) is 2. The fraction of sp³-hybridized carbons (Fsp3) is 0.120. The highest BCUT2D eigenvalue weighted by Crippen LogP contribution is 2.52. The number of para-hydroxylation sites is 2. The molecule has 0 aliphatic heterocycles. The standard InChI is InChI=1S/C50H40N2O2/c1-49(2)41-21-13-11-19-37(41)39-25-23-35(31-43(39)49)51(33-15-7-5-8-16-33)47-29-27-45(53-47)46-28-30-48(54-46)52(34-17-9-6-10-18-34)36-24-26-40-38-20-12-14-22-42(38)50(3,4)44(40)32-36/h5-32H,1-4H3. The van der Waals surface area contributed by atoms with Crippen molar-refractivity contribution >= 4 is 34.5 Å². The molecule has 0 bridgehead atoms. The first kappa shape index (κ1) is 32.2. The summed E-state index contributed by atoms with van der Waals surface area (Å²) in [5, 5.41) is 0. The highest BCUT2D eigenvalue weighted by molar-refractivity contribution is 5.87. The zero-order valence-electron chi connectivity index (χ0n) is 30.9. The predicted octanol–water partition coefficient (Wildman–Crippen LogP) is 14.1. The van der Waals surface area contributed by atoms with Gasteiger partial charge in [-0.3, -0.25) is 9.80 Å². The van der Waals surface area contributed by atoms with Gasteiger partial charge >= 0.3 is 0 Å². The smallest absolute Gasteiger partial charge is 0.205 e. The van der Waals surface area contributed by atoms with Crippen molar-refractivity contribution < 1.29 is 8.83 Å². The lowest BCUT2D eigenvalue weighted by atomic mass is 9.82. The van der Waals surface area contributed by atoms with Crippen LogP contribution in [0.1, 0.15) is 49.9 Å². The fourth-order valence-corrected chi connectivity index (χ4v) is 8.78. The second-order valence-corrected chi connectivity index (χ2v) is 15.4. The van der Waals surface area contributed by atoms with Crippen LogP contribution in [0.5, 0.6) is 0 Å². The van der Waals surface area contributed by atoms with Crippen LogP contribution < -0.4 is 9.80 Å². The minimum Gasteiger partial charge on any atom is -0.437 e. The van der Waals surface area contributed by atoms with Gasteiger partial charge in [0.25, 0.3) is 0 Å². The van der Waals surface area contributed by atoms with Crippen LogP contribution in [0.3, 0.4) is 0 Å². The van der Waals surface area contributed by atoms with E-state index in [1.807, 2.05) is 36.4 Å². The van der Waals surface area contributed by atoms with Crippen molar-refractivity contribution in [3.05, 3.63) is 192 Å². The van der Waals surface area contributed by atoms with Gasteiger partial charge in [-0.1, -0.05) is 125 Å². The van der Waals surface area contributed by atoms with Crippen molar-refractivity contribution in [3.8, 4) is 33.8 Å². The van der Waals surface area contributed by atoms with Gasteiger partial charge in [0.05, 0.1) is 0 Å². The number of anilines is 6. The Morgan fingerprint density at radius 1 is 0.333 bits per heavy atom. The molecular weight excluding hydrogens is 661 g/mol. The van der Waals surface area contributed by atoms with E-state index in [9.17, 15) is 0 Å². The second kappa shape index (κ2) is 12.0. The molecule has 0 unspecified atom stereocenters. The zero-order chi connectivity index (χ0) is 36.6. The van der Waals surface area contributed by atoms with Crippen molar-refractivity contribution in [2.24, 2.45) is 0 Å². The Balaban J connectivity index is 1.03. The first-order valence-corrected chi connectivity index (χ1v) is 18.7. The number of rotatable bonds is 7. The minimum absolute atomic E-state index is 0.119. The molecule has 2 aliphatic carbocycles. The molecule has 4 nitrogen and oxygen atoms in total. The maximum absolute atomic E-state index is 6.72. The molecule has 8 aromatic rings. The third-order valence-corrected chi connectivity index (χ3v) is 11.5. The lowest BCUT2D eigenvalue weighted by Gasteiger charge is -2.26. The van der Waals surface area contributed by atoms with Crippen LogP contribution in [0.4, 0.5) is 34.5 Å². The summed E-state index contributed by atoms with van der Waals surface area (Å²) in [6.07, 6.45) is 0. The molecule has 0 fully saturated rings. The first-order chi connectivity index (χ1) is 26.3. The quantitative estimate of drug-likeness (QED) is 0.166. The van der Waals surface area contributed by atoms with Gasteiger partial charge in [-0.05, 0) is 105 Å². The highest BCUT2D eigenvalue weighted by atomic mass is 16.4. The number of benzene rings is 6. The number of hydrogen-bond acceptors (Lipinski definition) is 4. The monoisotopic (exact) mass is 700 g/mol. The summed E-state index contributed by atoms with van der Waals surface area (Å²) in [5.41, 5.74) is 14.4. The van der Waals surface area contributed by atoms with E-state index >= 15 is 0 Å². The SMILES string of the molecule is CC1(C)c2ccccc2-c2ccc(N(c3ccccc3)c3ccc(-c4ccc(N(c5ccccc5)c5ccc6c(c5)C(C)(C)c5ccccc5-6)o4)o3)cc21. The largest absolute Gasteiger partial charge is 0.437 e. The molecule has 0 amide bonds. The van der Waals surface area contributed by atoms with E-state index < -0.39 is 0 Å². The fourth-order valence-electron chi connectivity index (χ4n) is 8.78. The molecule has 2 aromatic heterocycles. The van der Waals surface area contributed by atoms with Crippen LogP contribution in [-0.2, 0) is 10.8 Å². The van der Waals surface area contributed by atoms with E-state index in [0.717, 1.165) is 22.7 Å². The normalized spacial score (nSPS) is 14.2. The number of hydrogen-bond donors (Lipinski definition) is 0. The summed E-state index contributed by atoms with van der Waals surface area (Å²) in [5.74, 6) is 2.74. The summed E-state index contributed by atoms with van der Waals surface area (Å²) >= 11 is 0. The van der Waals surface area contributed by atoms with E-state index in [4.69, 9.17) is 8.83 Å². The van der Waals surface area contributed by atoms with Gasteiger partial charge < -0.3 is 8.83 Å². The van der Waals surface area contributed by atoms with Crippen molar-refractivity contribution in [2.45, 2.75) is 38.5 Å². The summed E-state index contributed by atoms with van der Waals surface area (Å²) in [4.78, 5) is 4.38. The lowest BCUT2D eigenvalue weighted by molar-refractivity contribution is 0.532. The molecule has 0 saturated heterocycles. The Hall–Kier alpha value is -6.52. The molecule has 0 N–H and O–H groups in total. The van der Waals surface area contributed by atoms with Crippen LogP contribution in [0.25, 0.3) is 33.8 Å². The Morgan fingerprint density at radius 2 is 0.704 bits per heavy atom. The predicted molar refractivity (Wildman–Crippen MR) is 221 cm³/mol. The Bertz CT molecular complexity index is 2490. The minimum atomic E-state index is -0.119. The molecular formula is C50H40N2O2. The molecule has 0 atom stereocenters. The lowest BCUT2D eigenvalue weighted by Crippen LogP contribution is -2.16. The van der Waals surface area contributed by atoms with Crippen LogP contribution >= 0.6 is 0 Å².